The van der Waals surface area contributed by atoms with Gasteiger partial charge in [0.15, 0.2) is 0 Å². The molecule has 1 aromatic rings. The molecule has 1 aromatic heterocycles. The summed E-state index contributed by atoms with van der Waals surface area (Å²) in [4.78, 5) is 15.1. The molecule has 2 rings (SSSR count). The van der Waals surface area contributed by atoms with Crippen molar-refractivity contribution in [1.29, 1.82) is 0 Å². The molecule has 0 aliphatic heterocycles. The smallest absolute Gasteiger partial charge is 0.203 e. The first-order valence-electron chi connectivity index (χ1n) is 4.26. The number of Topliss-reactive ketones (excluding diaryl/α,β-unsaturated/α-hetero) is 1. The normalized spacial score (nSPS) is 19.3. The van der Waals surface area contributed by atoms with Gasteiger partial charge in [-0.15, -0.1) is 0 Å². The maximum atomic E-state index is 11.0. The number of rotatable bonds is 1. The third-order valence-electron chi connectivity index (χ3n) is 2.33. The van der Waals surface area contributed by atoms with E-state index in [-0.39, 0.29) is 0 Å². The Labute approximate surface area is 85.3 Å². The number of ketones is 1. The van der Waals surface area contributed by atoms with Gasteiger partial charge in [0.1, 0.15) is 11.6 Å². The summed E-state index contributed by atoms with van der Waals surface area (Å²) in [7, 11) is 0. The first-order valence-corrected chi connectivity index (χ1v) is 5.41. The van der Waals surface area contributed by atoms with Crippen LogP contribution < -0.4 is 0 Å². The van der Waals surface area contributed by atoms with Crippen LogP contribution in [0.25, 0.3) is 0 Å². The van der Waals surface area contributed by atoms with Gasteiger partial charge in [-0.05, 0) is 36.0 Å². The summed E-state index contributed by atoms with van der Waals surface area (Å²) in [6, 6.07) is 0. The summed E-state index contributed by atoms with van der Waals surface area (Å²) < 4.78 is 4.64. The molecular formula is C8H9ClN2OS. The van der Waals surface area contributed by atoms with Crippen LogP contribution in [0.3, 0.4) is 0 Å². The van der Waals surface area contributed by atoms with Crippen molar-refractivity contribution in [2.75, 3.05) is 0 Å². The van der Waals surface area contributed by atoms with E-state index in [0.717, 1.165) is 18.7 Å². The monoisotopic (exact) mass is 216 g/mol. The molecule has 1 heterocycles. The van der Waals surface area contributed by atoms with Crippen molar-refractivity contribution >= 4 is 28.9 Å². The largest absolute Gasteiger partial charge is 0.300 e. The molecule has 0 radical (unpaired) electrons. The summed E-state index contributed by atoms with van der Waals surface area (Å²) in [5.74, 6) is 1.53. The van der Waals surface area contributed by atoms with Crippen LogP contribution in [-0.2, 0) is 4.79 Å². The van der Waals surface area contributed by atoms with Gasteiger partial charge < -0.3 is 0 Å². The fourth-order valence-electron chi connectivity index (χ4n) is 1.58. The standard InChI is InChI=1S/C8H9ClN2OS/c9-8-10-7(11-13-8)5-1-3-6(12)4-2-5/h5H,1-4H2. The Morgan fingerprint density at radius 1 is 1.38 bits per heavy atom. The molecule has 5 heteroatoms. The SMILES string of the molecule is O=C1CCC(c2nsc(Cl)n2)CC1. The van der Waals surface area contributed by atoms with Gasteiger partial charge >= 0.3 is 0 Å². The molecule has 1 fully saturated rings. The molecule has 1 saturated carbocycles. The molecule has 0 aromatic carbocycles. The number of hydrogen-bond donors (Lipinski definition) is 0. The lowest BCUT2D eigenvalue weighted by molar-refractivity contribution is -0.120. The van der Waals surface area contributed by atoms with Crippen molar-refractivity contribution in [3.8, 4) is 0 Å². The van der Waals surface area contributed by atoms with Gasteiger partial charge in [0, 0.05) is 18.8 Å². The minimum atomic E-state index is 0.349. The van der Waals surface area contributed by atoms with Gasteiger partial charge in [0.05, 0.1) is 0 Å². The highest BCUT2D eigenvalue weighted by atomic mass is 35.5. The summed E-state index contributed by atoms with van der Waals surface area (Å²) in [6.45, 7) is 0. The van der Waals surface area contributed by atoms with Crippen LogP contribution in [0.2, 0.25) is 4.47 Å². The first-order chi connectivity index (χ1) is 6.25. The highest BCUT2D eigenvalue weighted by molar-refractivity contribution is 7.10. The Hall–Kier alpha value is -0.480. The van der Waals surface area contributed by atoms with E-state index in [4.69, 9.17) is 11.6 Å². The molecular weight excluding hydrogens is 208 g/mol. The quantitative estimate of drug-likeness (QED) is 0.724. The molecule has 70 valence electrons. The molecule has 1 aliphatic carbocycles. The third kappa shape index (κ3) is 2.06. The first kappa shape index (κ1) is 9.09. The molecule has 0 bridgehead atoms. The number of halogens is 1. The van der Waals surface area contributed by atoms with Crippen LogP contribution in [0.4, 0.5) is 0 Å². The Balaban J connectivity index is 2.06. The summed E-state index contributed by atoms with van der Waals surface area (Å²) in [5.41, 5.74) is 0. The second-order valence-electron chi connectivity index (χ2n) is 3.22. The van der Waals surface area contributed by atoms with Crippen molar-refractivity contribution in [3.63, 3.8) is 0 Å². The number of carbonyl (C=O) groups is 1. The van der Waals surface area contributed by atoms with Gasteiger partial charge in [-0.25, -0.2) is 4.98 Å². The lowest BCUT2D eigenvalue weighted by Gasteiger charge is -2.17. The zero-order valence-electron chi connectivity index (χ0n) is 6.99. The van der Waals surface area contributed by atoms with Crippen molar-refractivity contribution in [2.24, 2.45) is 0 Å². The molecule has 13 heavy (non-hydrogen) atoms. The molecule has 0 spiro atoms. The third-order valence-corrected chi connectivity index (χ3v) is 3.14. The minimum absolute atomic E-state index is 0.349. The van der Waals surface area contributed by atoms with E-state index in [2.05, 4.69) is 9.36 Å². The van der Waals surface area contributed by atoms with Crippen molar-refractivity contribution < 1.29 is 4.79 Å². The van der Waals surface area contributed by atoms with E-state index >= 15 is 0 Å². The zero-order chi connectivity index (χ0) is 9.26. The summed E-state index contributed by atoms with van der Waals surface area (Å²) >= 11 is 6.90. The van der Waals surface area contributed by atoms with Gasteiger partial charge in [-0.3, -0.25) is 4.79 Å². The van der Waals surface area contributed by atoms with Crippen LogP contribution in [0, 0.1) is 0 Å². The van der Waals surface area contributed by atoms with Gasteiger partial charge in [-0.1, -0.05) is 0 Å². The second-order valence-corrected chi connectivity index (χ2v) is 4.55. The number of hydrogen-bond acceptors (Lipinski definition) is 4. The molecule has 0 amide bonds. The van der Waals surface area contributed by atoms with E-state index in [9.17, 15) is 4.79 Å². The predicted molar refractivity (Wildman–Crippen MR) is 51.1 cm³/mol. The lowest BCUT2D eigenvalue weighted by Crippen LogP contribution is -2.13. The van der Waals surface area contributed by atoms with Crippen LogP contribution in [0.1, 0.15) is 37.4 Å². The van der Waals surface area contributed by atoms with E-state index in [1.54, 1.807) is 0 Å². The van der Waals surface area contributed by atoms with E-state index in [1.165, 1.54) is 11.5 Å². The van der Waals surface area contributed by atoms with Crippen LogP contribution >= 0.6 is 23.1 Å². The van der Waals surface area contributed by atoms with Crippen molar-refractivity contribution in [3.05, 3.63) is 10.3 Å². The number of carbonyl (C=O) groups excluding carboxylic acids is 1. The highest BCUT2D eigenvalue weighted by Gasteiger charge is 2.23. The van der Waals surface area contributed by atoms with Crippen molar-refractivity contribution in [2.45, 2.75) is 31.6 Å². The summed E-state index contributed by atoms with van der Waals surface area (Å²) in [5, 5.41) is 0. The molecule has 0 atom stereocenters. The molecule has 0 saturated heterocycles. The topological polar surface area (TPSA) is 42.9 Å². The molecule has 0 unspecified atom stereocenters. The Kier molecular flexibility index (Phi) is 2.60. The van der Waals surface area contributed by atoms with E-state index < -0.39 is 0 Å². The fraction of sp³-hybridized carbons (Fsp3) is 0.625. The Bertz CT molecular complexity index is 316. The van der Waals surface area contributed by atoms with Crippen LogP contribution in [0.5, 0.6) is 0 Å². The number of nitrogens with zero attached hydrogens (tertiary/aromatic N) is 2. The van der Waals surface area contributed by atoms with Gasteiger partial charge in [0.25, 0.3) is 0 Å². The van der Waals surface area contributed by atoms with Crippen LogP contribution in [-0.4, -0.2) is 15.1 Å². The zero-order valence-corrected chi connectivity index (χ0v) is 8.57. The lowest BCUT2D eigenvalue weighted by atomic mass is 9.88. The maximum absolute atomic E-state index is 11.0. The fourth-order valence-corrected chi connectivity index (χ4v) is 2.26. The minimum Gasteiger partial charge on any atom is -0.300 e. The maximum Gasteiger partial charge on any atom is 0.203 e. The Morgan fingerprint density at radius 2 is 2.08 bits per heavy atom. The van der Waals surface area contributed by atoms with Gasteiger partial charge in [0.2, 0.25) is 4.47 Å². The average molecular weight is 217 g/mol. The van der Waals surface area contributed by atoms with E-state index in [1.807, 2.05) is 0 Å². The Morgan fingerprint density at radius 3 is 2.62 bits per heavy atom. The molecule has 1 aliphatic rings. The molecule has 0 N–H and O–H groups in total. The van der Waals surface area contributed by atoms with Crippen molar-refractivity contribution in [1.82, 2.24) is 9.36 Å². The highest BCUT2D eigenvalue weighted by Crippen LogP contribution is 2.30. The predicted octanol–water partition coefficient (Wildman–Crippen LogP) is 2.42. The molecule has 3 nitrogen and oxygen atoms in total. The average Bonchev–Trinajstić information content (AvgIpc) is 2.53. The van der Waals surface area contributed by atoms with Gasteiger partial charge in [-0.2, -0.15) is 4.37 Å². The summed E-state index contributed by atoms with van der Waals surface area (Å²) in [6.07, 6.45) is 3.10. The number of aromatic nitrogens is 2. The second kappa shape index (κ2) is 3.72. The van der Waals surface area contributed by atoms with E-state index in [0.29, 0.717) is 29.0 Å². The van der Waals surface area contributed by atoms with Crippen LogP contribution in [0.15, 0.2) is 0 Å².